The second kappa shape index (κ2) is 9.56. The fourth-order valence-corrected chi connectivity index (χ4v) is 5.53. The molecule has 0 saturated carbocycles. The van der Waals surface area contributed by atoms with E-state index in [0.717, 1.165) is 42.6 Å². The average Bonchev–Trinajstić information content (AvgIpc) is 3.09. The molecule has 1 aromatic carbocycles. The number of hydrogen-bond acceptors (Lipinski definition) is 5. The third-order valence-electron chi connectivity index (χ3n) is 5.87. The summed E-state index contributed by atoms with van der Waals surface area (Å²) in [5, 5.41) is 2.72. The monoisotopic (exact) mass is 437 g/mol. The van der Waals surface area contributed by atoms with Gasteiger partial charge in [-0.3, -0.25) is 9.59 Å². The Bertz CT molecular complexity index is 975. The first-order chi connectivity index (χ1) is 15.1. The molecule has 6 nitrogen and oxygen atoms in total. The van der Waals surface area contributed by atoms with E-state index in [1.165, 1.54) is 17.3 Å². The summed E-state index contributed by atoms with van der Waals surface area (Å²) in [6, 6.07) is 13.2. The Balaban J connectivity index is 1.52. The van der Waals surface area contributed by atoms with E-state index in [1.807, 2.05) is 41.3 Å². The molecule has 0 radical (unpaired) electrons. The highest BCUT2D eigenvalue weighted by Crippen LogP contribution is 2.44. The molecule has 1 aliphatic heterocycles. The van der Waals surface area contributed by atoms with Crippen molar-refractivity contribution in [2.24, 2.45) is 0 Å². The highest BCUT2D eigenvalue weighted by atomic mass is 32.2. The van der Waals surface area contributed by atoms with Crippen LogP contribution in [0.1, 0.15) is 44.2 Å². The fraction of sp³-hybridized carbons (Fsp3) is 0.375. The van der Waals surface area contributed by atoms with Crippen LogP contribution in [0.2, 0.25) is 0 Å². The minimum absolute atomic E-state index is 0.0969. The van der Waals surface area contributed by atoms with Crippen LogP contribution in [0, 0.1) is 0 Å². The number of methoxy groups -OCH3 is 1. The van der Waals surface area contributed by atoms with Crippen LogP contribution in [0.25, 0.3) is 0 Å². The number of anilines is 1. The summed E-state index contributed by atoms with van der Waals surface area (Å²) in [5.41, 5.74) is 3.21. The van der Waals surface area contributed by atoms with Crippen molar-refractivity contribution in [3.8, 4) is 5.75 Å². The summed E-state index contributed by atoms with van der Waals surface area (Å²) in [6.45, 7) is 2.06. The highest BCUT2D eigenvalue weighted by Gasteiger charge is 2.42. The number of ether oxygens (including phenoxy) is 1. The van der Waals surface area contributed by atoms with E-state index < -0.39 is 0 Å². The largest absolute Gasteiger partial charge is 0.497 e. The van der Waals surface area contributed by atoms with Gasteiger partial charge in [0, 0.05) is 11.8 Å². The number of benzene rings is 1. The Morgan fingerprint density at radius 3 is 2.71 bits per heavy atom. The van der Waals surface area contributed by atoms with Gasteiger partial charge in [-0.15, -0.1) is 11.8 Å². The number of carbonyl (C=O) groups excluding carboxylic acids is 2. The summed E-state index contributed by atoms with van der Waals surface area (Å²) in [5.74, 6) is 1.59. The summed E-state index contributed by atoms with van der Waals surface area (Å²) >= 11 is 1.52. The van der Waals surface area contributed by atoms with Crippen LogP contribution < -0.4 is 10.1 Å². The van der Waals surface area contributed by atoms with E-state index in [-0.39, 0.29) is 29.0 Å². The molecule has 2 heterocycles. The third-order valence-corrected chi connectivity index (χ3v) is 7.13. The molecule has 0 bridgehead atoms. The van der Waals surface area contributed by atoms with E-state index in [0.29, 0.717) is 5.82 Å². The van der Waals surface area contributed by atoms with Gasteiger partial charge in [-0.2, -0.15) is 0 Å². The van der Waals surface area contributed by atoms with Crippen LogP contribution in [0.3, 0.4) is 0 Å². The number of aromatic nitrogens is 1. The quantitative estimate of drug-likeness (QED) is 0.687. The molecule has 2 atom stereocenters. The van der Waals surface area contributed by atoms with Gasteiger partial charge in [0.25, 0.3) is 5.91 Å². The summed E-state index contributed by atoms with van der Waals surface area (Å²) in [4.78, 5) is 32.0. The number of thioether (sulfide) groups is 1. The lowest BCUT2D eigenvalue weighted by Gasteiger charge is -2.32. The predicted octanol–water partition coefficient (Wildman–Crippen LogP) is 4.56. The van der Waals surface area contributed by atoms with E-state index in [1.54, 1.807) is 19.4 Å². The van der Waals surface area contributed by atoms with Gasteiger partial charge in [-0.1, -0.05) is 18.2 Å². The van der Waals surface area contributed by atoms with Gasteiger partial charge in [0.05, 0.1) is 18.9 Å². The van der Waals surface area contributed by atoms with Gasteiger partial charge >= 0.3 is 0 Å². The first-order valence-corrected chi connectivity index (χ1v) is 11.6. The first kappa shape index (κ1) is 21.4. The average molecular weight is 438 g/mol. The van der Waals surface area contributed by atoms with E-state index in [4.69, 9.17) is 4.74 Å². The molecule has 0 saturated heterocycles. The lowest BCUT2D eigenvalue weighted by Crippen LogP contribution is -2.37. The Morgan fingerprint density at radius 1 is 1.23 bits per heavy atom. The molecule has 4 rings (SSSR count). The number of amides is 2. The van der Waals surface area contributed by atoms with Crippen molar-refractivity contribution in [2.45, 2.75) is 44.0 Å². The van der Waals surface area contributed by atoms with Gasteiger partial charge in [-0.25, -0.2) is 4.98 Å². The van der Waals surface area contributed by atoms with Crippen molar-refractivity contribution in [1.29, 1.82) is 0 Å². The zero-order valence-corrected chi connectivity index (χ0v) is 18.7. The zero-order valence-electron chi connectivity index (χ0n) is 17.8. The minimum atomic E-state index is -0.116. The van der Waals surface area contributed by atoms with Crippen LogP contribution >= 0.6 is 11.8 Å². The topological polar surface area (TPSA) is 71.5 Å². The molecule has 162 valence electrons. The van der Waals surface area contributed by atoms with Crippen molar-refractivity contribution in [1.82, 2.24) is 9.88 Å². The van der Waals surface area contributed by atoms with Crippen LogP contribution in [-0.4, -0.2) is 39.9 Å². The SMILES string of the molecule is COc1ccc([C@H](C)N2C(=O)C3=C(CCCC3)[C@H]2SCC(=O)Nc2ccccn2)cc1. The number of rotatable bonds is 7. The normalized spacial score (nSPS) is 19.2. The zero-order chi connectivity index (χ0) is 21.8. The number of pyridine rings is 1. The highest BCUT2D eigenvalue weighted by molar-refractivity contribution is 8.00. The maximum Gasteiger partial charge on any atom is 0.251 e. The number of hydrogen-bond donors (Lipinski definition) is 1. The molecule has 0 spiro atoms. The molecule has 1 aliphatic carbocycles. The Hall–Kier alpha value is -2.80. The number of carbonyl (C=O) groups is 2. The standard InChI is InChI=1S/C24H27N3O3S/c1-16(17-10-12-18(30-2)13-11-17)27-23(29)19-7-3-4-8-20(19)24(27)31-15-22(28)26-21-9-5-6-14-25-21/h5-6,9-14,16,24H,3-4,7-8,15H2,1-2H3,(H,25,26,28)/t16-,24+/m0/s1. The van der Waals surface area contributed by atoms with Gasteiger partial charge in [-0.05, 0) is 68.0 Å². The molecule has 2 aromatic rings. The molecule has 0 unspecified atom stereocenters. The van der Waals surface area contributed by atoms with Crippen molar-refractivity contribution in [3.63, 3.8) is 0 Å². The van der Waals surface area contributed by atoms with Gasteiger partial charge in [0.1, 0.15) is 16.9 Å². The summed E-state index contributed by atoms with van der Waals surface area (Å²) in [7, 11) is 1.64. The molecular formula is C24H27N3O3S. The van der Waals surface area contributed by atoms with Gasteiger partial charge in [0.15, 0.2) is 0 Å². The molecule has 2 amide bonds. The molecule has 0 fully saturated rings. The summed E-state index contributed by atoms with van der Waals surface area (Å²) < 4.78 is 5.27. The molecule has 7 heteroatoms. The maximum absolute atomic E-state index is 13.3. The van der Waals surface area contributed by atoms with Crippen molar-refractivity contribution in [2.75, 3.05) is 18.2 Å². The second-order valence-electron chi connectivity index (χ2n) is 7.80. The van der Waals surface area contributed by atoms with Crippen molar-refractivity contribution in [3.05, 3.63) is 65.4 Å². The lowest BCUT2D eigenvalue weighted by atomic mass is 9.94. The molecular weight excluding hydrogens is 410 g/mol. The fourth-order valence-electron chi connectivity index (χ4n) is 4.25. The minimum Gasteiger partial charge on any atom is -0.497 e. The summed E-state index contributed by atoms with van der Waals surface area (Å²) in [6.07, 6.45) is 5.54. The predicted molar refractivity (Wildman–Crippen MR) is 123 cm³/mol. The van der Waals surface area contributed by atoms with Gasteiger partial charge in [0.2, 0.25) is 5.91 Å². The van der Waals surface area contributed by atoms with Gasteiger partial charge < -0.3 is 15.0 Å². The molecule has 1 N–H and O–H groups in total. The Morgan fingerprint density at radius 2 is 2.00 bits per heavy atom. The van der Waals surface area contributed by atoms with Crippen molar-refractivity contribution >= 4 is 29.4 Å². The Kier molecular flexibility index (Phi) is 6.61. The van der Waals surface area contributed by atoms with Crippen molar-refractivity contribution < 1.29 is 14.3 Å². The Labute approximate surface area is 187 Å². The number of nitrogens with one attached hydrogen (secondary N) is 1. The van der Waals surface area contributed by atoms with Crippen LogP contribution in [0.4, 0.5) is 5.82 Å². The smallest absolute Gasteiger partial charge is 0.251 e. The molecule has 1 aromatic heterocycles. The molecule has 2 aliphatic rings. The second-order valence-corrected chi connectivity index (χ2v) is 8.87. The lowest BCUT2D eigenvalue weighted by molar-refractivity contribution is -0.128. The molecule has 31 heavy (non-hydrogen) atoms. The van der Waals surface area contributed by atoms with E-state index >= 15 is 0 Å². The first-order valence-electron chi connectivity index (χ1n) is 10.6. The number of nitrogens with zero attached hydrogens (tertiary/aromatic N) is 2. The van der Waals surface area contributed by atoms with Crippen LogP contribution in [0.5, 0.6) is 5.75 Å². The third kappa shape index (κ3) is 4.61. The van der Waals surface area contributed by atoms with E-state index in [2.05, 4.69) is 17.2 Å². The van der Waals surface area contributed by atoms with Crippen LogP contribution in [0.15, 0.2) is 59.8 Å². The van der Waals surface area contributed by atoms with Crippen LogP contribution in [-0.2, 0) is 9.59 Å². The maximum atomic E-state index is 13.3. The van der Waals surface area contributed by atoms with E-state index in [9.17, 15) is 9.59 Å².